The first kappa shape index (κ1) is 8.31. The van der Waals surface area contributed by atoms with Crippen LogP contribution >= 0.6 is 0 Å². The van der Waals surface area contributed by atoms with Crippen molar-refractivity contribution in [1.29, 1.82) is 0 Å². The van der Waals surface area contributed by atoms with E-state index in [2.05, 4.69) is 13.5 Å². The zero-order valence-corrected chi connectivity index (χ0v) is 7.05. The van der Waals surface area contributed by atoms with Crippen molar-refractivity contribution in [3.63, 3.8) is 0 Å². The molecule has 0 aromatic heterocycles. The van der Waals surface area contributed by atoms with Gasteiger partial charge in [0.25, 0.3) is 0 Å². The highest BCUT2D eigenvalue weighted by molar-refractivity contribution is 5.77. The number of amides is 1. The van der Waals surface area contributed by atoms with Gasteiger partial charge in [-0.05, 0) is 26.0 Å². The van der Waals surface area contributed by atoms with Crippen LogP contribution in [0.3, 0.4) is 0 Å². The van der Waals surface area contributed by atoms with Gasteiger partial charge in [0, 0.05) is 12.5 Å². The van der Waals surface area contributed by atoms with Crippen molar-refractivity contribution in [3.05, 3.63) is 12.8 Å². The molecule has 0 saturated carbocycles. The van der Waals surface area contributed by atoms with Crippen molar-refractivity contribution in [3.8, 4) is 0 Å². The third-order valence-corrected chi connectivity index (χ3v) is 2.22. The molecule has 0 N–H and O–H groups in total. The number of rotatable bonds is 1. The van der Waals surface area contributed by atoms with Crippen molar-refractivity contribution < 1.29 is 4.79 Å². The summed E-state index contributed by atoms with van der Waals surface area (Å²) in [7, 11) is 0. The van der Waals surface area contributed by atoms with Crippen molar-refractivity contribution in [2.24, 2.45) is 0 Å². The Hall–Kier alpha value is -0.790. The van der Waals surface area contributed by atoms with Crippen molar-refractivity contribution in [2.75, 3.05) is 0 Å². The lowest BCUT2D eigenvalue weighted by atomic mass is 10.1. The first-order valence-electron chi connectivity index (χ1n) is 4.19. The summed E-state index contributed by atoms with van der Waals surface area (Å²) in [6.45, 7) is 5.71. The van der Waals surface area contributed by atoms with E-state index in [-0.39, 0.29) is 5.91 Å². The molecule has 0 aromatic rings. The van der Waals surface area contributed by atoms with Crippen LogP contribution in [0.4, 0.5) is 0 Å². The van der Waals surface area contributed by atoms with Gasteiger partial charge >= 0.3 is 0 Å². The molecule has 0 radical (unpaired) electrons. The molecule has 1 fully saturated rings. The van der Waals surface area contributed by atoms with Gasteiger partial charge in [0.05, 0.1) is 0 Å². The van der Waals surface area contributed by atoms with Crippen LogP contribution < -0.4 is 0 Å². The summed E-state index contributed by atoms with van der Waals surface area (Å²) in [4.78, 5) is 13.1. The zero-order valence-electron chi connectivity index (χ0n) is 7.05. The Bertz CT molecular complexity index is 165. The lowest BCUT2D eigenvalue weighted by Gasteiger charge is -2.22. The largest absolute Gasteiger partial charge is 0.317 e. The van der Waals surface area contributed by atoms with Crippen LogP contribution in [-0.2, 0) is 4.79 Å². The van der Waals surface area contributed by atoms with Crippen LogP contribution in [0.2, 0.25) is 0 Å². The fourth-order valence-electron chi connectivity index (χ4n) is 1.51. The highest BCUT2D eigenvalue weighted by atomic mass is 16.2. The summed E-state index contributed by atoms with van der Waals surface area (Å²) in [5.41, 5.74) is 0. The molecule has 1 rings (SSSR count). The minimum Gasteiger partial charge on any atom is -0.317 e. The highest BCUT2D eigenvalue weighted by Gasteiger charge is 2.19. The predicted molar refractivity (Wildman–Crippen MR) is 45.0 cm³/mol. The van der Waals surface area contributed by atoms with Crippen LogP contribution in [0, 0.1) is 0 Å². The second kappa shape index (κ2) is 3.56. The molecule has 1 heterocycles. The van der Waals surface area contributed by atoms with Crippen LogP contribution in [0.5, 0.6) is 0 Å². The molecule has 1 unspecified atom stereocenters. The fourth-order valence-corrected chi connectivity index (χ4v) is 1.51. The van der Waals surface area contributed by atoms with E-state index < -0.39 is 0 Å². The van der Waals surface area contributed by atoms with Gasteiger partial charge in [0.1, 0.15) is 0 Å². The van der Waals surface area contributed by atoms with Crippen molar-refractivity contribution in [1.82, 2.24) is 4.90 Å². The number of carbonyl (C=O) groups is 1. The van der Waals surface area contributed by atoms with E-state index in [9.17, 15) is 4.79 Å². The highest BCUT2D eigenvalue weighted by Crippen LogP contribution is 2.16. The number of nitrogens with zero attached hydrogens (tertiary/aromatic N) is 1. The summed E-state index contributed by atoms with van der Waals surface area (Å²) < 4.78 is 0. The summed E-state index contributed by atoms with van der Waals surface area (Å²) in [6.07, 6.45) is 5.65. The molecule has 2 heteroatoms. The molecular weight excluding hydrogens is 138 g/mol. The molecule has 1 aliphatic heterocycles. The van der Waals surface area contributed by atoms with Crippen LogP contribution in [-0.4, -0.2) is 16.8 Å². The number of carbonyl (C=O) groups excluding carboxylic acids is 1. The van der Waals surface area contributed by atoms with Crippen molar-refractivity contribution >= 4 is 5.91 Å². The molecular formula is C9H15NO. The molecule has 1 atom stereocenters. The fraction of sp³-hybridized carbons (Fsp3) is 0.667. The number of hydrogen-bond acceptors (Lipinski definition) is 1. The number of likely N-dealkylation sites (tertiary alicyclic amines) is 1. The Morgan fingerprint density at radius 2 is 2.36 bits per heavy atom. The van der Waals surface area contributed by atoms with Crippen LogP contribution in [0.15, 0.2) is 12.8 Å². The van der Waals surface area contributed by atoms with Gasteiger partial charge in [-0.2, -0.15) is 0 Å². The zero-order chi connectivity index (χ0) is 8.27. The molecule has 11 heavy (non-hydrogen) atoms. The minimum absolute atomic E-state index is 0.227. The van der Waals surface area contributed by atoms with E-state index >= 15 is 0 Å². The average Bonchev–Trinajstić information content (AvgIpc) is 2.12. The average molecular weight is 153 g/mol. The molecule has 0 aromatic carbocycles. The summed E-state index contributed by atoms with van der Waals surface area (Å²) in [5.74, 6) is 0.227. The Balaban J connectivity index is 2.66. The number of hydrogen-bond donors (Lipinski definition) is 0. The maximum atomic E-state index is 11.3. The predicted octanol–water partition coefficient (Wildman–Crippen LogP) is 1.92. The maximum Gasteiger partial charge on any atom is 0.226 e. The Morgan fingerprint density at radius 1 is 1.64 bits per heavy atom. The smallest absolute Gasteiger partial charge is 0.226 e. The van der Waals surface area contributed by atoms with E-state index in [0.29, 0.717) is 12.5 Å². The molecule has 62 valence electrons. The van der Waals surface area contributed by atoms with Crippen LogP contribution in [0.1, 0.15) is 32.6 Å². The lowest BCUT2D eigenvalue weighted by Crippen LogP contribution is -2.31. The first-order chi connectivity index (χ1) is 5.25. The summed E-state index contributed by atoms with van der Waals surface area (Å²) >= 11 is 0. The lowest BCUT2D eigenvalue weighted by molar-refractivity contribution is -0.129. The molecule has 1 aliphatic rings. The maximum absolute atomic E-state index is 11.3. The monoisotopic (exact) mass is 153 g/mol. The molecule has 1 amide bonds. The third kappa shape index (κ3) is 1.82. The van der Waals surface area contributed by atoms with E-state index in [0.717, 1.165) is 19.3 Å². The van der Waals surface area contributed by atoms with Gasteiger partial charge in [0.2, 0.25) is 5.91 Å². The molecule has 0 bridgehead atoms. The van der Waals surface area contributed by atoms with E-state index in [1.54, 1.807) is 11.1 Å². The standard InChI is InChI=1S/C9H15NO/c1-3-10-8(2)6-4-5-7-9(10)11/h3,8H,1,4-7H2,2H3. The Labute approximate surface area is 67.9 Å². The van der Waals surface area contributed by atoms with Gasteiger partial charge in [-0.25, -0.2) is 0 Å². The topological polar surface area (TPSA) is 20.3 Å². The van der Waals surface area contributed by atoms with Crippen LogP contribution in [0.25, 0.3) is 0 Å². The van der Waals surface area contributed by atoms with Gasteiger partial charge in [-0.3, -0.25) is 4.79 Å². The SMILES string of the molecule is C=CN1C(=O)CCCCC1C. The van der Waals surface area contributed by atoms with Gasteiger partial charge < -0.3 is 4.90 Å². The van der Waals surface area contributed by atoms with Gasteiger partial charge in [0.15, 0.2) is 0 Å². The van der Waals surface area contributed by atoms with Gasteiger partial charge in [-0.1, -0.05) is 13.0 Å². The van der Waals surface area contributed by atoms with Crippen molar-refractivity contribution in [2.45, 2.75) is 38.6 Å². The third-order valence-electron chi connectivity index (χ3n) is 2.22. The first-order valence-corrected chi connectivity index (χ1v) is 4.19. The van der Waals surface area contributed by atoms with Gasteiger partial charge in [-0.15, -0.1) is 0 Å². The minimum atomic E-state index is 0.227. The van der Waals surface area contributed by atoms with E-state index in [4.69, 9.17) is 0 Å². The van der Waals surface area contributed by atoms with E-state index in [1.165, 1.54) is 0 Å². The Morgan fingerprint density at radius 3 is 3.00 bits per heavy atom. The second-order valence-electron chi connectivity index (χ2n) is 3.08. The molecule has 2 nitrogen and oxygen atoms in total. The Kier molecular flexibility index (Phi) is 2.69. The quantitative estimate of drug-likeness (QED) is 0.563. The summed E-state index contributed by atoms with van der Waals surface area (Å²) in [5, 5.41) is 0. The molecule has 0 spiro atoms. The normalized spacial score (nSPS) is 26.5. The second-order valence-corrected chi connectivity index (χ2v) is 3.08. The van der Waals surface area contributed by atoms with E-state index in [1.807, 2.05) is 0 Å². The molecule has 1 saturated heterocycles. The summed E-state index contributed by atoms with van der Waals surface area (Å²) in [6, 6.07) is 0.350. The molecule has 0 aliphatic carbocycles.